The van der Waals surface area contributed by atoms with Gasteiger partial charge in [-0.25, -0.2) is 0 Å². The van der Waals surface area contributed by atoms with E-state index in [1.165, 1.54) is 44.1 Å². The van der Waals surface area contributed by atoms with E-state index in [4.69, 9.17) is 0 Å². The zero-order valence-corrected chi connectivity index (χ0v) is 9.55. The SMILES string of the molecule is CC1=C(C)CCCCCC/C=C\C=C1. The van der Waals surface area contributed by atoms with E-state index in [1.54, 1.807) is 5.57 Å². The summed E-state index contributed by atoms with van der Waals surface area (Å²) in [6.45, 7) is 4.47. The van der Waals surface area contributed by atoms with Crippen LogP contribution >= 0.6 is 0 Å². The monoisotopic (exact) mass is 190 g/mol. The normalized spacial score (nSPS) is 22.7. The molecule has 0 nitrogen and oxygen atoms in total. The summed E-state index contributed by atoms with van der Waals surface area (Å²) in [6.07, 6.45) is 16.9. The molecule has 0 saturated carbocycles. The molecule has 0 aromatic carbocycles. The van der Waals surface area contributed by atoms with Crippen molar-refractivity contribution >= 4 is 0 Å². The Hall–Kier alpha value is -0.780. The number of allylic oxidation sites excluding steroid dienone is 6. The van der Waals surface area contributed by atoms with Crippen molar-refractivity contribution in [2.45, 2.75) is 52.4 Å². The van der Waals surface area contributed by atoms with E-state index in [-0.39, 0.29) is 0 Å². The molecule has 1 aliphatic rings. The molecule has 0 heteroatoms. The molecular weight excluding hydrogens is 168 g/mol. The van der Waals surface area contributed by atoms with E-state index < -0.39 is 0 Å². The predicted molar refractivity (Wildman–Crippen MR) is 64.4 cm³/mol. The van der Waals surface area contributed by atoms with Gasteiger partial charge in [-0.15, -0.1) is 0 Å². The molecular formula is C14H22. The van der Waals surface area contributed by atoms with Gasteiger partial charge in [0.2, 0.25) is 0 Å². The topological polar surface area (TPSA) is 0 Å². The summed E-state index contributed by atoms with van der Waals surface area (Å²) in [5.41, 5.74) is 2.99. The van der Waals surface area contributed by atoms with Gasteiger partial charge in [-0.1, -0.05) is 48.3 Å². The molecule has 14 heavy (non-hydrogen) atoms. The van der Waals surface area contributed by atoms with Gasteiger partial charge in [0.1, 0.15) is 0 Å². The van der Waals surface area contributed by atoms with Gasteiger partial charge in [-0.05, 0) is 39.5 Å². The number of hydrogen-bond acceptors (Lipinski definition) is 0. The largest absolute Gasteiger partial charge is 0.0845 e. The van der Waals surface area contributed by atoms with Gasteiger partial charge in [-0.3, -0.25) is 0 Å². The maximum Gasteiger partial charge on any atom is -0.0317 e. The first kappa shape index (κ1) is 11.3. The molecule has 0 aliphatic heterocycles. The van der Waals surface area contributed by atoms with Crippen molar-refractivity contribution in [3.05, 3.63) is 35.5 Å². The second-order valence-electron chi connectivity index (χ2n) is 4.20. The van der Waals surface area contributed by atoms with E-state index >= 15 is 0 Å². The van der Waals surface area contributed by atoms with Crippen LogP contribution in [-0.2, 0) is 0 Å². The van der Waals surface area contributed by atoms with Crippen LogP contribution in [0.3, 0.4) is 0 Å². The van der Waals surface area contributed by atoms with Gasteiger partial charge >= 0.3 is 0 Å². The van der Waals surface area contributed by atoms with Crippen molar-refractivity contribution in [2.75, 3.05) is 0 Å². The lowest BCUT2D eigenvalue weighted by Gasteiger charge is -2.05. The Morgan fingerprint density at radius 1 is 0.929 bits per heavy atom. The minimum absolute atomic E-state index is 1.24. The van der Waals surface area contributed by atoms with Crippen LogP contribution in [0.4, 0.5) is 0 Å². The minimum atomic E-state index is 1.24. The van der Waals surface area contributed by atoms with Crippen LogP contribution < -0.4 is 0 Å². The van der Waals surface area contributed by atoms with Crippen molar-refractivity contribution in [1.29, 1.82) is 0 Å². The first-order valence-corrected chi connectivity index (χ1v) is 5.80. The van der Waals surface area contributed by atoms with E-state index in [0.29, 0.717) is 0 Å². The third-order valence-corrected chi connectivity index (χ3v) is 2.94. The second-order valence-corrected chi connectivity index (χ2v) is 4.20. The Morgan fingerprint density at radius 2 is 1.71 bits per heavy atom. The molecule has 1 rings (SSSR count). The molecule has 0 spiro atoms. The Kier molecular flexibility index (Phi) is 5.36. The molecule has 0 amide bonds. The average Bonchev–Trinajstić information content (AvgIpc) is 2.18. The summed E-state index contributed by atoms with van der Waals surface area (Å²) in [5.74, 6) is 0. The Bertz CT molecular complexity index is 241. The quantitative estimate of drug-likeness (QED) is 0.515. The van der Waals surface area contributed by atoms with Gasteiger partial charge in [-0.2, -0.15) is 0 Å². The van der Waals surface area contributed by atoms with Crippen molar-refractivity contribution in [2.24, 2.45) is 0 Å². The smallest absolute Gasteiger partial charge is 0.0317 e. The highest BCUT2D eigenvalue weighted by Crippen LogP contribution is 2.15. The van der Waals surface area contributed by atoms with Crippen LogP contribution in [0, 0.1) is 0 Å². The molecule has 0 unspecified atom stereocenters. The summed E-state index contributed by atoms with van der Waals surface area (Å²) < 4.78 is 0. The van der Waals surface area contributed by atoms with Crippen molar-refractivity contribution in [3.8, 4) is 0 Å². The second kappa shape index (κ2) is 6.64. The molecule has 0 aromatic heterocycles. The summed E-state index contributed by atoms with van der Waals surface area (Å²) in [7, 11) is 0. The number of hydrogen-bond donors (Lipinski definition) is 0. The van der Waals surface area contributed by atoms with Gasteiger partial charge in [0, 0.05) is 0 Å². The van der Waals surface area contributed by atoms with Crippen molar-refractivity contribution in [1.82, 2.24) is 0 Å². The lowest BCUT2D eigenvalue weighted by atomic mass is 10.0. The van der Waals surface area contributed by atoms with E-state index in [1.807, 2.05) is 0 Å². The summed E-state index contributed by atoms with van der Waals surface area (Å²) in [4.78, 5) is 0. The molecule has 0 saturated heterocycles. The third kappa shape index (κ3) is 4.45. The standard InChI is InChI=1S/C14H22/c1-13-11-9-7-5-3-4-6-8-10-12-14(13)2/h5,7,9,11H,3-4,6,8,10,12H2,1-2H3/b7-5-,11-9?,14-13?. The van der Waals surface area contributed by atoms with Crippen LogP contribution in [0.5, 0.6) is 0 Å². The van der Waals surface area contributed by atoms with Crippen molar-refractivity contribution < 1.29 is 0 Å². The highest BCUT2D eigenvalue weighted by Gasteiger charge is 1.95. The molecule has 0 fully saturated rings. The summed E-state index contributed by atoms with van der Waals surface area (Å²) in [6, 6.07) is 0. The molecule has 78 valence electrons. The first-order chi connectivity index (χ1) is 6.80. The zero-order valence-electron chi connectivity index (χ0n) is 9.55. The molecule has 0 heterocycles. The Labute approximate surface area is 88.4 Å². The van der Waals surface area contributed by atoms with E-state index in [2.05, 4.69) is 38.2 Å². The fourth-order valence-corrected chi connectivity index (χ4v) is 1.72. The van der Waals surface area contributed by atoms with Gasteiger partial charge in [0.25, 0.3) is 0 Å². The van der Waals surface area contributed by atoms with E-state index in [9.17, 15) is 0 Å². The Balaban J connectivity index is 2.61. The van der Waals surface area contributed by atoms with E-state index in [0.717, 1.165) is 0 Å². The maximum atomic E-state index is 2.28. The first-order valence-electron chi connectivity index (χ1n) is 5.80. The fraction of sp³-hybridized carbons (Fsp3) is 0.571. The van der Waals surface area contributed by atoms with Crippen LogP contribution in [0.15, 0.2) is 35.5 Å². The average molecular weight is 190 g/mol. The predicted octanol–water partition coefficient (Wildman–Crippen LogP) is 4.79. The van der Waals surface area contributed by atoms with Crippen LogP contribution in [0.2, 0.25) is 0 Å². The minimum Gasteiger partial charge on any atom is -0.0845 e. The van der Waals surface area contributed by atoms with Crippen LogP contribution in [0.1, 0.15) is 52.4 Å². The summed E-state index contributed by atoms with van der Waals surface area (Å²) >= 11 is 0. The number of rotatable bonds is 0. The summed E-state index contributed by atoms with van der Waals surface area (Å²) in [5, 5.41) is 0. The molecule has 0 radical (unpaired) electrons. The Morgan fingerprint density at radius 3 is 2.57 bits per heavy atom. The van der Waals surface area contributed by atoms with Gasteiger partial charge in [0.05, 0.1) is 0 Å². The van der Waals surface area contributed by atoms with Gasteiger partial charge in [0.15, 0.2) is 0 Å². The lowest BCUT2D eigenvalue weighted by molar-refractivity contribution is 0.643. The van der Waals surface area contributed by atoms with Gasteiger partial charge < -0.3 is 0 Å². The highest BCUT2D eigenvalue weighted by molar-refractivity contribution is 5.25. The van der Waals surface area contributed by atoms with Crippen LogP contribution in [-0.4, -0.2) is 0 Å². The molecule has 1 aliphatic carbocycles. The molecule has 0 atom stereocenters. The lowest BCUT2D eigenvalue weighted by Crippen LogP contribution is -1.85. The molecule has 0 bridgehead atoms. The molecule has 0 aromatic rings. The maximum absolute atomic E-state index is 2.28. The fourth-order valence-electron chi connectivity index (χ4n) is 1.72. The van der Waals surface area contributed by atoms with Crippen molar-refractivity contribution in [3.63, 3.8) is 0 Å². The molecule has 0 N–H and O–H groups in total. The third-order valence-electron chi connectivity index (χ3n) is 2.94. The zero-order chi connectivity index (χ0) is 10.2. The van der Waals surface area contributed by atoms with Crippen LogP contribution in [0.25, 0.3) is 0 Å². The highest BCUT2D eigenvalue weighted by atomic mass is 14.0.